The van der Waals surface area contributed by atoms with Gasteiger partial charge in [0.2, 0.25) is 0 Å². The van der Waals surface area contributed by atoms with Gasteiger partial charge in [0.25, 0.3) is 0 Å². The van der Waals surface area contributed by atoms with E-state index in [2.05, 4.69) is 74.6 Å². The summed E-state index contributed by atoms with van der Waals surface area (Å²) in [6.45, 7) is 4.52. The predicted molar refractivity (Wildman–Crippen MR) is 260 cm³/mol. The van der Waals surface area contributed by atoms with Gasteiger partial charge < -0.3 is 33.3 Å². The first kappa shape index (κ1) is 59.7. The van der Waals surface area contributed by atoms with Gasteiger partial charge in [-0.25, -0.2) is 0 Å². The van der Waals surface area contributed by atoms with Gasteiger partial charge in [0.05, 0.1) is 40.3 Å². The molecule has 0 aliphatic carbocycles. The van der Waals surface area contributed by atoms with Crippen LogP contribution in [0.25, 0.3) is 0 Å². The van der Waals surface area contributed by atoms with Crippen LogP contribution >= 0.6 is 0 Å². The van der Waals surface area contributed by atoms with Gasteiger partial charge in [0, 0.05) is 12.8 Å². The zero-order valence-electron chi connectivity index (χ0n) is 40.9. The van der Waals surface area contributed by atoms with Crippen LogP contribution in [0.1, 0.15) is 194 Å². The number of carbonyl (C=O) groups excluding carboxylic acids is 3. The SMILES string of the molecule is CC/C=C\C/C=C\C/C=C\C/C=C\CCC(=O)OC(COC(=O)CCCCCCCCCCCCCCC/C=C\C/C=C\CCCCCCC)COC(OCC[N+](C)(C)C)C(=O)[O-]. The lowest BCUT2D eigenvalue weighted by Gasteiger charge is -2.26. The highest BCUT2D eigenvalue weighted by Crippen LogP contribution is 2.14. The van der Waals surface area contributed by atoms with Crippen LogP contribution in [0.15, 0.2) is 72.9 Å². The number of hydrogen-bond acceptors (Lipinski definition) is 8. The number of carbonyl (C=O) groups is 3. The fourth-order valence-electron chi connectivity index (χ4n) is 6.58. The molecule has 0 saturated carbocycles. The molecule has 0 N–H and O–H groups in total. The summed E-state index contributed by atoms with van der Waals surface area (Å²) < 4.78 is 22.5. The maximum Gasteiger partial charge on any atom is 0.306 e. The minimum atomic E-state index is -1.64. The van der Waals surface area contributed by atoms with Crippen molar-refractivity contribution in [1.82, 2.24) is 0 Å². The van der Waals surface area contributed by atoms with E-state index in [4.69, 9.17) is 18.9 Å². The Morgan fingerprint density at radius 2 is 0.937 bits per heavy atom. The van der Waals surface area contributed by atoms with Gasteiger partial charge >= 0.3 is 11.9 Å². The van der Waals surface area contributed by atoms with Crippen LogP contribution in [0, 0.1) is 0 Å². The Bertz CT molecular complexity index is 1260. The van der Waals surface area contributed by atoms with Gasteiger partial charge in [-0.2, -0.15) is 0 Å². The number of nitrogens with zero attached hydrogens (tertiary/aromatic N) is 1. The highest BCUT2D eigenvalue weighted by molar-refractivity contribution is 5.70. The molecule has 0 bridgehead atoms. The van der Waals surface area contributed by atoms with Crippen molar-refractivity contribution in [2.75, 3.05) is 47.5 Å². The van der Waals surface area contributed by atoms with Gasteiger partial charge in [-0.05, 0) is 70.6 Å². The normalized spacial score (nSPS) is 13.5. The van der Waals surface area contributed by atoms with Crippen molar-refractivity contribution in [3.8, 4) is 0 Å². The fraction of sp³-hybridized carbons (Fsp3) is 0.722. The molecule has 2 atom stereocenters. The number of carboxylic acids is 1. The van der Waals surface area contributed by atoms with Crippen molar-refractivity contribution in [3.05, 3.63) is 72.9 Å². The largest absolute Gasteiger partial charge is 0.545 e. The summed E-state index contributed by atoms with van der Waals surface area (Å²) in [5.41, 5.74) is 0. The van der Waals surface area contributed by atoms with Crippen molar-refractivity contribution in [1.29, 1.82) is 0 Å². The molecule has 0 aliphatic heterocycles. The van der Waals surface area contributed by atoms with E-state index >= 15 is 0 Å². The van der Waals surface area contributed by atoms with E-state index in [0.717, 1.165) is 51.4 Å². The second-order valence-corrected chi connectivity index (χ2v) is 17.7. The van der Waals surface area contributed by atoms with Crippen LogP contribution in [0.3, 0.4) is 0 Å². The zero-order chi connectivity index (χ0) is 46.3. The predicted octanol–water partition coefficient (Wildman–Crippen LogP) is 12.6. The maximum atomic E-state index is 12.7. The van der Waals surface area contributed by atoms with Crippen molar-refractivity contribution in [3.63, 3.8) is 0 Å². The molecule has 0 radical (unpaired) electrons. The number of hydrogen-bond donors (Lipinski definition) is 0. The Kier molecular flexibility index (Phi) is 43.0. The summed E-state index contributed by atoms with van der Waals surface area (Å²) in [6.07, 6.45) is 54.0. The average Bonchev–Trinajstić information content (AvgIpc) is 3.24. The number of ether oxygens (including phenoxy) is 4. The molecule has 9 nitrogen and oxygen atoms in total. The summed E-state index contributed by atoms with van der Waals surface area (Å²) in [7, 11) is 5.88. The minimum Gasteiger partial charge on any atom is -0.545 e. The maximum absolute atomic E-state index is 12.7. The summed E-state index contributed by atoms with van der Waals surface area (Å²) >= 11 is 0. The van der Waals surface area contributed by atoms with E-state index in [-0.39, 0.29) is 38.6 Å². The standard InChI is InChI=1S/C54H93NO8/c1-6-8-10-12-14-16-18-20-21-22-23-24-25-26-27-28-29-30-31-33-34-36-38-40-42-44-51(56)61-48-50(49-62-54(53(58)59)60-47-46-55(3,4)5)63-52(57)45-43-41-39-37-35-32-19-17-15-13-11-9-7-2/h9,11,15,17-18,20,22-23,32,35,39,41,50,54H,6-8,10,12-14,16,19,21,24-31,33-34,36-38,40,42-49H2,1-5H3/b11-9-,17-15-,20-18-,23-22-,35-32-,41-39-. The molecule has 0 aromatic carbocycles. The van der Waals surface area contributed by atoms with Gasteiger partial charge in [0.15, 0.2) is 12.4 Å². The molecule has 0 aromatic heterocycles. The molecule has 2 unspecified atom stereocenters. The molecule has 0 aromatic rings. The summed E-state index contributed by atoms with van der Waals surface area (Å²) in [5.74, 6) is -2.40. The van der Waals surface area contributed by atoms with Crippen LogP contribution < -0.4 is 5.11 Å². The number of likely N-dealkylation sites (N-methyl/N-ethyl adjacent to an activating group) is 1. The third-order valence-electron chi connectivity index (χ3n) is 10.5. The molecule has 0 rings (SSSR count). The van der Waals surface area contributed by atoms with Crippen molar-refractivity contribution in [2.24, 2.45) is 0 Å². The number of carboxylic acid groups (broad SMARTS) is 1. The second kappa shape index (κ2) is 45.3. The van der Waals surface area contributed by atoms with Gasteiger partial charge in [-0.15, -0.1) is 0 Å². The fourth-order valence-corrected chi connectivity index (χ4v) is 6.58. The molecule has 0 aliphatic rings. The van der Waals surface area contributed by atoms with Crippen LogP contribution in [-0.2, 0) is 33.3 Å². The van der Waals surface area contributed by atoms with Gasteiger partial charge in [0.1, 0.15) is 13.2 Å². The zero-order valence-corrected chi connectivity index (χ0v) is 40.9. The van der Waals surface area contributed by atoms with Crippen LogP contribution in [0.4, 0.5) is 0 Å². The Morgan fingerprint density at radius 3 is 1.41 bits per heavy atom. The Balaban J connectivity index is 4.30. The Hall–Kier alpha value is -3.27. The number of quaternary nitrogens is 1. The molecule has 0 spiro atoms. The third-order valence-corrected chi connectivity index (χ3v) is 10.5. The van der Waals surface area contributed by atoms with Gasteiger partial charge in [-0.1, -0.05) is 183 Å². The minimum absolute atomic E-state index is 0.124. The van der Waals surface area contributed by atoms with E-state index in [1.165, 1.54) is 109 Å². The van der Waals surface area contributed by atoms with E-state index < -0.39 is 24.3 Å². The molecule has 0 amide bonds. The molecule has 63 heavy (non-hydrogen) atoms. The molecular weight excluding hydrogens is 791 g/mol. The number of rotatable bonds is 45. The quantitative estimate of drug-likeness (QED) is 0.0195. The first-order chi connectivity index (χ1) is 30.6. The Morgan fingerprint density at radius 1 is 0.492 bits per heavy atom. The molecular formula is C54H93NO8. The topological polar surface area (TPSA) is 111 Å². The molecule has 9 heteroatoms. The molecule has 0 fully saturated rings. The number of allylic oxidation sites excluding steroid dienone is 12. The monoisotopic (exact) mass is 884 g/mol. The van der Waals surface area contributed by atoms with Crippen LogP contribution in [0.2, 0.25) is 0 Å². The van der Waals surface area contributed by atoms with Crippen molar-refractivity contribution < 1.29 is 42.9 Å². The average molecular weight is 884 g/mol. The van der Waals surface area contributed by atoms with E-state index in [0.29, 0.717) is 17.4 Å². The summed E-state index contributed by atoms with van der Waals surface area (Å²) in [4.78, 5) is 37.0. The van der Waals surface area contributed by atoms with Crippen molar-refractivity contribution in [2.45, 2.75) is 206 Å². The molecule has 0 heterocycles. The summed E-state index contributed by atoms with van der Waals surface area (Å²) in [6, 6.07) is 0. The highest BCUT2D eigenvalue weighted by Gasteiger charge is 2.21. The Labute approximate surface area is 386 Å². The smallest absolute Gasteiger partial charge is 0.306 e. The van der Waals surface area contributed by atoms with Crippen LogP contribution in [0.5, 0.6) is 0 Å². The first-order valence-electron chi connectivity index (χ1n) is 25.1. The molecule has 0 saturated heterocycles. The van der Waals surface area contributed by atoms with E-state index in [9.17, 15) is 19.5 Å². The number of unbranched alkanes of at least 4 members (excludes halogenated alkanes) is 18. The van der Waals surface area contributed by atoms with E-state index in [1.807, 2.05) is 33.3 Å². The lowest BCUT2D eigenvalue weighted by atomic mass is 10.0. The lowest BCUT2D eigenvalue weighted by molar-refractivity contribution is -0.870. The first-order valence-corrected chi connectivity index (χ1v) is 25.1. The lowest BCUT2D eigenvalue weighted by Crippen LogP contribution is -2.44. The van der Waals surface area contributed by atoms with Gasteiger partial charge in [-0.3, -0.25) is 9.59 Å². The van der Waals surface area contributed by atoms with Crippen molar-refractivity contribution >= 4 is 17.9 Å². The second-order valence-electron chi connectivity index (χ2n) is 17.7. The number of esters is 2. The molecule has 362 valence electrons. The third kappa shape index (κ3) is 46.5. The number of aliphatic carboxylic acids is 1. The highest BCUT2D eigenvalue weighted by atomic mass is 16.7. The van der Waals surface area contributed by atoms with E-state index in [1.54, 1.807) is 0 Å². The summed E-state index contributed by atoms with van der Waals surface area (Å²) in [5, 5.41) is 11.7. The van der Waals surface area contributed by atoms with Crippen LogP contribution in [-0.4, -0.2) is 82.3 Å².